The maximum atomic E-state index is 13.7. The van der Waals surface area contributed by atoms with Gasteiger partial charge in [-0.15, -0.1) is 11.6 Å². The molecule has 1 N–H and O–H groups in total. The summed E-state index contributed by atoms with van der Waals surface area (Å²) in [5.74, 6) is 0.520. The Morgan fingerprint density at radius 2 is 2.29 bits per heavy atom. The van der Waals surface area contributed by atoms with E-state index in [0.717, 1.165) is 12.8 Å². The van der Waals surface area contributed by atoms with Crippen LogP contribution in [0.5, 0.6) is 0 Å². The average molecular weight is 375 g/mol. The van der Waals surface area contributed by atoms with Gasteiger partial charge in [-0.2, -0.15) is 0 Å². The van der Waals surface area contributed by atoms with Gasteiger partial charge in [-0.3, -0.25) is 4.79 Å². The number of nitrogens with zero attached hydrogens (tertiary/aromatic N) is 2. The van der Waals surface area contributed by atoms with Gasteiger partial charge in [-0.05, 0) is 34.8 Å². The Morgan fingerprint density at radius 1 is 1.52 bits per heavy atom. The van der Waals surface area contributed by atoms with Gasteiger partial charge in [-0.25, -0.2) is 9.37 Å². The molecule has 0 unspecified atom stereocenters. The summed E-state index contributed by atoms with van der Waals surface area (Å²) in [5.41, 5.74) is 1.33. The minimum Gasteiger partial charge on any atom is -0.353 e. The number of nitrogens with one attached hydrogen (secondary N) is 1. The lowest BCUT2D eigenvalue weighted by molar-refractivity contribution is -0.121. The van der Waals surface area contributed by atoms with Crippen LogP contribution in [0.4, 0.5) is 4.39 Å². The van der Waals surface area contributed by atoms with Crippen LogP contribution < -0.4 is 5.32 Å². The van der Waals surface area contributed by atoms with E-state index < -0.39 is 0 Å². The number of benzene rings is 1. The van der Waals surface area contributed by atoms with Crippen molar-refractivity contribution in [3.63, 3.8) is 0 Å². The summed E-state index contributed by atoms with van der Waals surface area (Å²) >= 11 is 9.05. The molecule has 1 fully saturated rings. The van der Waals surface area contributed by atoms with E-state index in [-0.39, 0.29) is 17.6 Å². The van der Waals surface area contributed by atoms with Gasteiger partial charge in [0.05, 0.1) is 21.4 Å². The SMILES string of the molecule is O=C(CCn1c(CCl)nc2cc(Br)c(F)cc21)NC1CC1. The number of carbonyl (C=O) groups is 1. The summed E-state index contributed by atoms with van der Waals surface area (Å²) in [6.07, 6.45) is 2.46. The standard InChI is InChI=1S/C14H14BrClFN3O/c15-9-5-11-12(6-10(9)17)20(13(7-16)19-11)4-3-14(21)18-8-1-2-8/h5-6,8H,1-4,7H2,(H,18,21). The number of aryl methyl sites for hydroxylation is 1. The third-order valence-electron chi connectivity index (χ3n) is 3.49. The summed E-state index contributed by atoms with van der Waals surface area (Å²) in [4.78, 5) is 16.2. The number of amides is 1. The maximum Gasteiger partial charge on any atom is 0.222 e. The minimum atomic E-state index is -0.354. The van der Waals surface area contributed by atoms with Crippen molar-refractivity contribution in [3.05, 3.63) is 28.2 Å². The lowest BCUT2D eigenvalue weighted by Gasteiger charge is -2.08. The van der Waals surface area contributed by atoms with Gasteiger partial charge in [0.1, 0.15) is 11.6 Å². The molecular formula is C14H14BrClFN3O. The first-order chi connectivity index (χ1) is 10.1. The summed E-state index contributed by atoms with van der Waals surface area (Å²) in [7, 11) is 0. The monoisotopic (exact) mass is 373 g/mol. The van der Waals surface area contributed by atoms with Crippen LogP contribution in [0.3, 0.4) is 0 Å². The Morgan fingerprint density at radius 3 is 2.95 bits per heavy atom. The number of fused-ring (bicyclic) bond motifs is 1. The van der Waals surface area contributed by atoms with E-state index in [0.29, 0.717) is 40.3 Å². The van der Waals surface area contributed by atoms with Crippen molar-refractivity contribution in [2.45, 2.75) is 37.7 Å². The first kappa shape index (κ1) is 14.8. The van der Waals surface area contributed by atoms with Crippen molar-refractivity contribution in [1.29, 1.82) is 0 Å². The molecule has 0 atom stereocenters. The smallest absolute Gasteiger partial charge is 0.222 e. The van der Waals surface area contributed by atoms with Crippen LogP contribution in [-0.2, 0) is 17.2 Å². The van der Waals surface area contributed by atoms with Gasteiger partial charge in [0.15, 0.2) is 0 Å². The molecule has 0 bridgehead atoms. The van der Waals surface area contributed by atoms with E-state index in [2.05, 4.69) is 26.2 Å². The molecule has 1 aliphatic rings. The quantitative estimate of drug-likeness (QED) is 0.816. The number of alkyl halides is 1. The molecule has 112 valence electrons. The topological polar surface area (TPSA) is 46.9 Å². The first-order valence-corrected chi connectivity index (χ1v) is 8.10. The lowest BCUT2D eigenvalue weighted by Crippen LogP contribution is -2.26. The van der Waals surface area contributed by atoms with Crippen molar-refractivity contribution in [3.8, 4) is 0 Å². The van der Waals surface area contributed by atoms with Crippen LogP contribution in [0.25, 0.3) is 11.0 Å². The summed E-state index contributed by atoms with van der Waals surface area (Å²) in [6, 6.07) is 3.39. The molecule has 1 heterocycles. The Bertz CT molecular complexity index is 699. The highest BCUT2D eigenvalue weighted by molar-refractivity contribution is 9.10. The third-order valence-corrected chi connectivity index (χ3v) is 4.34. The number of halogens is 3. The van der Waals surface area contributed by atoms with Crippen LogP contribution in [0.1, 0.15) is 25.1 Å². The predicted octanol–water partition coefficient (Wildman–Crippen LogP) is 3.35. The number of hydrogen-bond donors (Lipinski definition) is 1. The average Bonchev–Trinajstić information content (AvgIpc) is 3.19. The second kappa shape index (κ2) is 5.93. The molecule has 1 aromatic heterocycles. The maximum absolute atomic E-state index is 13.7. The molecule has 7 heteroatoms. The molecule has 4 nitrogen and oxygen atoms in total. The molecule has 2 aromatic rings. The first-order valence-electron chi connectivity index (χ1n) is 6.78. The van der Waals surface area contributed by atoms with Gasteiger partial charge in [-0.1, -0.05) is 0 Å². The van der Waals surface area contributed by atoms with Gasteiger partial charge in [0.2, 0.25) is 5.91 Å². The predicted molar refractivity (Wildman–Crippen MR) is 82.7 cm³/mol. The fourth-order valence-electron chi connectivity index (χ4n) is 2.26. The Balaban J connectivity index is 1.84. The molecule has 0 aliphatic heterocycles. The molecule has 1 amide bonds. The number of imidazole rings is 1. The van der Waals surface area contributed by atoms with Gasteiger partial charge in [0, 0.05) is 25.1 Å². The van der Waals surface area contributed by atoms with E-state index in [1.54, 1.807) is 6.07 Å². The molecule has 0 spiro atoms. The summed E-state index contributed by atoms with van der Waals surface area (Å²) < 4.78 is 15.9. The van der Waals surface area contributed by atoms with Gasteiger partial charge >= 0.3 is 0 Å². The summed E-state index contributed by atoms with van der Waals surface area (Å²) in [6.45, 7) is 0.443. The second-order valence-electron chi connectivity index (χ2n) is 5.16. The molecule has 1 aromatic carbocycles. The molecule has 1 saturated carbocycles. The van der Waals surface area contributed by atoms with Crippen LogP contribution in [0.15, 0.2) is 16.6 Å². The van der Waals surface area contributed by atoms with E-state index in [4.69, 9.17) is 11.6 Å². The van der Waals surface area contributed by atoms with Crippen LogP contribution >= 0.6 is 27.5 Å². The van der Waals surface area contributed by atoms with E-state index >= 15 is 0 Å². The molecule has 0 radical (unpaired) electrons. The number of rotatable bonds is 5. The Hall–Kier alpha value is -1.14. The zero-order valence-corrected chi connectivity index (χ0v) is 13.5. The van der Waals surface area contributed by atoms with Crippen molar-refractivity contribution < 1.29 is 9.18 Å². The van der Waals surface area contributed by atoms with Crippen molar-refractivity contribution in [1.82, 2.24) is 14.9 Å². The fraction of sp³-hybridized carbons (Fsp3) is 0.429. The van der Waals surface area contributed by atoms with Gasteiger partial charge < -0.3 is 9.88 Å². The number of hydrogen-bond acceptors (Lipinski definition) is 2. The zero-order valence-electron chi connectivity index (χ0n) is 11.2. The Labute approximate surface area is 134 Å². The van der Waals surface area contributed by atoms with E-state index in [1.165, 1.54) is 6.07 Å². The minimum absolute atomic E-state index is 0.0115. The normalized spacial score (nSPS) is 14.6. The molecule has 0 saturated heterocycles. The van der Waals surface area contributed by atoms with Crippen LogP contribution in [0.2, 0.25) is 0 Å². The zero-order chi connectivity index (χ0) is 15.0. The van der Waals surface area contributed by atoms with E-state index in [1.807, 2.05) is 4.57 Å². The molecule has 21 heavy (non-hydrogen) atoms. The van der Waals surface area contributed by atoms with Gasteiger partial charge in [0.25, 0.3) is 0 Å². The van der Waals surface area contributed by atoms with Crippen molar-refractivity contribution in [2.75, 3.05) is 0 Å². The lowest BCUT2D eigenvalue weighted by atomic mass is 10.3. The largest absolute Gasteiger partial charge is 0.353 e. The third kappa shape index (κ3) is 3.21. The van der Waals surface area contributed by atoms with Crippen LogP contribution in [0, 0.1) is 5.82 Å². The second-order valence-corrected chi connectivity index (χ2v) is 6.28. The molecular weight excluding hydrogens is 361 g/mol. The summed E-state index contributed by atoms with van der Waals surface area (Å²) in [5, 5.41) is 2.94. The van der Waals surface area contributed by atoms with Crippen molar-refractivity contribution in [2.24, 2.45) is 0 Å². The molecule has 3 rings (SSSR count). The molecule has 1 aliphatic carbocycles. The highest BCUT2D eigenvalue weighted by Gasteiger charge is 2.23. The number of aromatic nitrogens is 2. The van der Waals surface area contributed by atoms with E-state index in [9.17, 15) is 9.18 Å². The Kier molecular flexibility index (Phi) is 4.17. The highest BCUT2D eigenvalue weighted by atomic mass is 79.9. The highest BCUT2D eigenvalue weighted by Crippen LogP contribution is 2.25. The number of carbonyl (C=O) groups excluding carboxylic acids is 1. The van der Waals surface area contributed by atoms with Crippen molar-refractivity contribution >= 4 is 44.5 Å². The fourth-order valence-corrected chi connectivity index (χ4v) is 2.80. The van der Waals surface area contributed by atoms with Crippen LogP contribution in [-0.4, -0.2) is 21.5 Å².